The van der Waals surface area contributed by atoms with E-state index in [0.29, 0.717) is 0 Å². The number of aryl methyl sites for hydroxylation is 1. The second-order valence-electron chi connectivity index (χ2n) is 8.57. The lowest BCUT2D eigenvalue weighted by Gasteiger charge is -2.41. The Morgan fingerprint density at radius 3 is 2.31 bits per heavy atom. The average Bonchev–Trinajstić information content (AvgIpc) is 2.93. The van der Waals surface area contributed by atoms with Gasteiger partial charge >= 0.3 is 0 Å². The van der Waals surface area contributed by atoms with Gasteiger partial charge in [0, 0.05) is 44.5 Å². The van der Waals surface area contributed by atoms with Crippen LogP contribution >= 0.6 is 0 Å². The smallest absolute Gasteiger partial charge is 0.258 e. The predicted octanol–water partition coefficient (Wildman–Crippen LogP) is 4.37. The number of carbonyl (C=O) groups is 1. The van der Waals surface area contributed by atoms with Crippen molar-refractivity contribution in [2.45, 2.75) is 13.0 Å². The zero-order valence-corrected chi connectivity index (χ0v) is 18.5. The molecule has 2 aliphatic heterocycles. The highest BCUT2D eigenvalue weighted by Gasteiger charge is 2.35. The molecule has 5 rings (SSSR count). The normalized spacial score (nSPS) is 18.5. The van der Waals surface area contributed by atoms with E-state index in [-0.39, 0.29) is 11.9 Å². The quantitative estimate of drug-likeness (QED) is 0.615. The fourth-order valence-corrected chi connectivity index (χ4v) is 5.04. The summed E-state index contributed by atoms with van der Waals surface area (Å²) in [6.45, 7) is 5.39. The summed E-state index contributed by atoms with van der Waals surface area (Å²) in [7, 11) is 1.86. The minimum atomic E-state index is 0.0203. The molecule has 160 valence electrons. The molecule has 1 amide bonds. The van der Waals surface area contributed by atoms with E-state index in [1.165, 1.54) is 0 Å². The van der Waals surface area contributed by atoms with Crippen LogP contribution in [0, 0.1) is 18.3 Å². The summed E-state index contributed by atoms with van der Waals surface area (Å²) in [6, 6.07) is 24.7. The molecule has 0 radical (unpaired) electrons. The van der Waals surface area contributed by atoms with Crippen LogP contribution in [-0.4, -0.2) is 44.0 Å². The molecule has 1 fully saturated rings. The van der Waals surface area contributed by atoms with E-state index in [9.17, 15) is 10.1 Å². The van der Waals surface area contributed by atoms with E-state index in [0.717, 1.165) is 65.4 Å². The molecule has 0 aromatic heterocycles. The van der Waals surface area contributed by atoms with Crippen molar-refractivity contribution in [3.05, 3.63) is 94.5 Å². The van der Waals surface area contributed by atoms with Gasteiger partial charge in [0.25, 0.3) is 5.91 Å². The van der Waals surface area contributed by atoms with Crippen LogP contribution in [0.2, 0.25) is 0 Å². The summed E-state index contributed by atoms with van der Waals surface area (Å²) in [4.78, 5) is 19.8. The van der Waals surface area contributed by atoms with Crippen molar-refractivity contribution in [3.8, 4) is 6.07 Å². The topological polar surface area (TPSA) is 50.6 Å². The molecule has 3 aromatic rings. The van der Waals surface area contributed by atoms with Crippen molar-refractivity contribution in [2.24, 2.45) is 0 Å². The minimum absolute atomic E-state index is 0.0203. The molecule has 0 bridgehead atoms. The molecule has 0 saturated carbocycles. The zero-order chi connectivity index (χ0) is 22.2. The van der Waals surface area contributed by atoms with E-state index in [4.69, 9.17) is 0 Å². The number of rotatable bonds is 2. The third kappa shape index (κ3) is 3.34. The van der Waals surface area contributed by atoms with E-state index < -0.39 is 0 Å². The van der Waals surface area contributed by atoms with Crippen LogP contribution in [0.25, 0.3) is 0 Å². The molecular formula is C27H26N4O. The Morgan fingerprint density at radius 2 is 1.56 bits per heavy atom. The molecule has 0 N–H and O–H groups in total. The van der Waals surface area contributed by atoms with Crippen LogP contribution in [0.4, 0.5) is 11.4 Å². The van der Waals surface area contributed by atoms with Gasteiger partial charge in [-0.25, -0.2) is 0 Å². The van der Waals surface area contributed by atoms with Crippen molar-refractivity contribution >= 4 is 17.3 Å². The second kappa shape index (κ2) is 8.14. The fourth-order valence-electron chi connectivity index (χ4n) is 5.04. The molecule has 1 saturated heterocycles. The fraction of sp³-hybridized carbons (Fsp3) is 0.259. The molecule has 32 heavy (non-hydrogen) atoms. The Balaban J connectivity index is 1.50. The van der Waals surface area contributed by atoms with Gasteiger partial charge < -0.3 is 9.80 Å². The lowest BCUT2D eigenvalue weighted by molar-refractivity contribution is 0.0992. The molecule has 2 heterocycles. The SMILES string of the molecule is Cc1ccc(N2CCN(C3c4ccccc4C(=O)N(C)c4ccccc43)CC2)c(C#N)c1. The van der Waals surface area contributed by atoms with E-state index in [2.05, 4.69) is 46.2 Å². The monoisotopic (exact) mass is 422 g/mol. The van der Waals surface area contributed by atoms with Crippen molar-refractivity contribution in [1.82, 2.24) is 4.90 Å². The molecule has 0 aliphatic carbocycles. The summed E-state index contributed by atoms with van der Waals surface area (Å²) in [6.07, 6.45) is 0. The number of carbonyl (C=O) groups excluding carboxylic acids is 1. The van der Waals surface area contributed by atoms with Gasteiger partial charge in [-0.2, -0.15) is 5.26 Å². The van der Waals surface area contributed by atoms with Gasteiger partial charge in [-0.15, -0.1) is 0 Å². The van der Waals surface area contributed by atoms with Gasteiger partial charge in [0.15, 0.2) is 0 Å². The number of nitrogens with zero attached hydrogens (tertiary/aromatic N) is 4. The number of amides is 1. The van der Waals surface area contributed by atoms with Crippen molar-refractivity contribution in [2.75, 3.05) is 43.0 Å². The third-order valence-corrected chi connectivity index (χ3v) is 6.68. The van der Waals surface area contributed by atoms with Gasteiger partial charge in [0.1, 0.15) is 6.07 Å². The summed E-state index contributed by atoms with van der Waals surface area (Å²) >= 11 is 0. The van der Waals surface area contributed by atoms with Gasteiger partial charge in [-0.05, 0) is 47.9 Å². The van der Waals surface area contributed by atoms with Gasteiger partial charge in [0.2, 0.25) is 0 Å². The maximum absolute atomic E-state index is 13.2. The average molecular weight is 423 g/mol. The Hall–Kier alpha value is -3.62. The Morgan fingerprint density at radius 1 is 0.875 bits per heavy atom. The maximum Gasteiger partial charge on any atom is 0.258 e. The lowest BCUT2D eigenvalue weighted by atomic mass is 9.93. The molecule has 5 heteroatoms. The standard InChI is InChI=1S/C27H26N4O/c1-19-11-12-24(20(17-19)18-28)30-13-15-31(16-14-30)26-21-7-3-4-8-22(21)27(32)29(2)25-10-6-5-9-23(25)26/h3-12,17,26H,13-16H2,1-2H3. The highest BCUT2D eigenvalue weighted by Crippen LogP contribution is 2.40. The second-order valence-corrected chi connectivity index (χ2v) is 8.57. The van der Waals surface area contributed by atoms with Crippen molar-refractivity contribution in [1.29, 1.82) is 5.26 Å². The third-order valence-electron chi connectivity index (χ3n) is 6.68. The molecule has 3 aromatic carbocycles. The molecular weight excluding hydrogens is 396 g/mol. The van der Waals surface area contributed by atoms with Crippen LogP contribution in [0.1, 0.15) is 38.7 Å². The Bertz CT molecular complexity index is 1220. The number of anilines is 2. The summed E-state index contributed by atoms with van der Waals surface area (Å²) < 4.78 is 0. The molecule has 1 unspecified atom stereocenters. The Kier molecular flexibility index (Phi) is 5.16. The first kappa shape index (κ1) is 20.3. The molecule has 5 nitrogen and oxygen atoms in total. The van der Waals surface area contributed by atoms with Crippen LogP contribution in [0.5, 0.6) is 0 Å². The molecule has 2 aliphatic rings. The highest BCUT2D eigenvalue weighted by molar-refractivity contribution is 6.08. The number of benzene rings is 3. The summed E-state index contributed by atoms with van der Waals surface area (Å²) in [5, 5.41) is 9.61. The van der Waals surface area contributed by atoms with Gasteiger partial charge in [0.05, 0.1) is 17.3 Å². The van der Waals surface area contributed by atoms with Crippen LogP contribution in [0.15, 0.2) is 66.7 Å². The Labute approximate surface area is 189 Å². The minimum Gasteiger partial charge on any atom is -0.368 e. The van der Waals surface area contributed by atoms with E-state index in [1.54, 1.807) is 4.90 Å². The maximum atomic E-state index is 13.2. The van der Waals surface area contributed by atoms with Crippen molar-refractivity contribution in [3.63, 3.8) is 0 Å². The first-order valence-corrected chi connectivity index (χ1v) is 11.0. The number of hydrogen-bond acceptors (Lipinski definition) is 4. The van der Waals surface area contributed by atoms with Crippen molar-refractivity contribution < 1.29 is 4.79 Å². The number of para-hydroxylation sites is 1. The summed E-state index contributed by atoms with van der Waals surface area (Å²) in [5.41, 5.74) is 6.80. The summed E-state index contributed by atoms with van der Waals surface area (Å²) in [5.74, 6) is 0.0347. The van der Waals surface area contributed by atoms with Crippen LogP contribution in [0.3, 0.4) is 0 Å². The zero-order valence-electron chi connectivity index (χ0n) is 18.5. The number of fused-ring (bicyclic) bond motifs is 2. The van der Waals surface area contributed by atoms with Crippen LogP contribution in [-0.2, 0) is 0 Å². The van der Waals surface area contributed by atoms with Gasteiger partial charge in [-0.1, -0.05) is 42.5 Å². The number of nitriles is 1. The molecule has 0 spiro atoms. The van der Waals surface area contributed by atoms with E-state index >= 15 is 0 Å². The lowest BCUT2D eigenvalue weighted by Crippen LogP contribution is -2.48. The van der Waals surface area contributed by atoms with Gasteiger partial charge in [-0.3, -0.25) is 9.69 Å². The first-order valence-electron chi connectivity index (χ1n) is 11.0. The number of hydrogen-bond donors (Lipinski definition) is 0. The highest BCUT2D eigenvalue weighted by atomic mass is 16.2. The van der Waals surface area contributed by atoms with Crippen LogP contribution < -0.4 is 9.80 Å². The first-order chi connectivity index (χ1) is 15.6. The van der Waals surface area contributed by atoms with E-state index in [1.807, 2.05) is 50.4 Å². The largest absolute Gasteiger partial charge is 0.368 e. The molecule has 1 atom stereocenters. The number of piperazine rings is 1. The predicted molar refractivity (Wildman–Crippen MR) is 127 cm³/mol.